The third-order valence-corrected chi connectivity index (χ3v) is 5.39. The monoisotopic (exact) mass is 360 g/mol. The van der Waals surface area contributed by atoms with Crippen LogP contribution in [0.1, 0.15) is 28.7 Å². The second kappa shape index (κ2) is 7.80. The highest BCUT2D eigenvalue weighted by Gasteiger charge is 2.16. The van der Waals surface area contributed by atoms with Gasteiger partial charge in [-0.1, -0.05) is 23.8 Å². The summed E-state index contributed by atoms with van der Waals surface area (Å²) < 4.78 is 27.2. The van der Waals surface area contributed by atoms with Crippen LogP contribution in [0.25, 0.3) is 0 Å². The zero-order valence-electron chi connectivity index (χ0n) is 15.0. The van der Waals surface area contributed by atoms with Gasteiger partial charge in [0.15, 0.2) is 0 Å². The van der Waals surface area contributed by atoms with Gasteiger partial charge in [0.25, 0.3) is 0 Å². The highest BCUT2D eigenvalue weighted by atomic mass is 32.2. The van der Waals surface area contributed by atoms with Gasteiger partial charge in [0, 0.05) is 18.7 Å². The minimum Gasteiger partial charge on any atom is -0.326 e. The first-order chi connectivity index (χ1) is 11.7. The fourth-order valence-corrected chi connectivity index (χ4v) is 4.00. The Morgan fingerprint density at radius 1 is 0.920 bits per heavy atom. The van der Waals surface area contributed by atoms with Crippen LogP contribution in [-0.4, -0.2) is 20.9 Å². The average Bonchev–Trinajstić information content (AvgIpc) is 2.45. The molecule has 0 radical (unpaired) electrons. The second-order valence-corrected chi connectivity index (χ2v) is 8.08. The molecule has 2 aromatic carbocycles. The molecular formula is C19H24N2O3S. The van der Waals surface area contributed by atoms with E-state index in [0.29, 0.717) is 5.56 Å². The van der Waals surface area contributed by atoms with E-state index in [1.54, 1.807) is 19.1 Å². The molecule has 0 aromatic heterocycles. The summed E-state index contributed by atoms with van der Waals surface area (Å²) in [5.74, 6) is -0.228. The van der Waals surface area contributed by atoms with Gasteiger partial charge in [-0.05, 0) is 62.6 Å². The second-order valence-electron chi connectivity index (χ2n) is 6.34. The van der Waals surface area contributed by atoms with Crippen LogP contribution in [0.3, 0.4) is 0 Å². The fraction of sp³-hybridized carbons (Fsp3) is 0.316. The molecule has 0 saturated carbocycles. The number of benzene rings is 2. The van der Waals surface area contributed by atoms with Crippen molar-refractivity contribution in [2.75, 3.05) is 11.9 Å². The van der Waals surface area contributed by atoms with E-state index in [-0.39, 0.29) is 23.8 Å². The van der Waals surface area contributed by atoms with E-state index in [1.807, 2.05) is 45.0 Å². The number of amides is 1. The predicted molar refractivity (Wildman–Crippen MR) is 100 cm³/mol. The first kappa shape index (κ1) is 19.1. The molecule has 1 amide bonds. The first-order valence-corrected chi connectivity index (χ1v) is 9.61. The molecule has 0 fully saturated rings. The van der Waals surface area contributed by atoms with Gasteiger partial charge in [-0.3, -0.25) is 4.79 Å². The normalized spacial score (nSPS) is 11.4. The molecule has 0 unspecified atom stereocenters. The van der Waals surface area contributed by atoms with Crippen LogP contribution in [0.4, 0.5) is 5.69 Å². The number of hydrogen-bond acceptors (Lipinski definition) is 3. The van der Waals surface area contributed by atoms with Crippen molar-refractivity contribution < 1.29 is 13.2 Å². The van der Waals surface area contributed by atoms with Crippen LogP contribution in [0.2, 0.25) is 0 Å². The number of aryl methyl sites for hydroxylation is 4. The van der Waals surface area contributed by atoms with Gasteiger partial charge in [-0.25, -0.2) is 13.1 Å². The van der Waals surface area contributed by atoms with Crippen LogP contribution in [0.5, 0.6) is 0 Å². The molecule has 134 valence electrons. The molecule has 0 bridgehead atoms. The van der Waals surface area contributed by atoms with E-state index >= 15 is 0 Å². The Hall–Kier alpha value is -2.18. The molecule has 0 spiro atoms. The zero-order chi connectivity index (χ0) is 18.6. The molecule has 6 heteroatoms. The molecule has 0 heterocycles. The highest BCUT2D eigenvalue weighted by molar-refractivity contribution is 7.89. The summed E-state index contributed by atoms with van der Waals surface area (Å²) in [5, 5.41) is 2.79. The Morgan fingerprint density at radius 2 is 1.56 bits per heavy atom. The average molecular weight is 360 g/mol. The van der Waals surface area contributed by atoms with E-state index in [1.165, 1.54) is 0 Å². The van der Waals surface area contributed by atoms with Crippen molar-refractivity contribution in [1.82, 2.24) is 4.72 Å². The molecule has 25 heavy (non-hydrogen) atoms. The summed E-state index contributed by atoms with van der Waals surface area (Å²) in [4.78, 5) is 12.3. The van der Waals surface area contributed by atoms with Crippen LogP contribution in [0, 0.1) is 27.7 Å². The Balaban J connectivity index is 1.94. The van der Waals surface area contributed by atoms with Crippen molar-refractivity contribution in [2.24, 2.45) is 0 Å². The SMILES string of the molecule is Cc1cc(C)cc(NC(=O)CCNS(=O)(=O)c2ccc(C)cc2C)c1. The number of carbonyl (C=O) groups is 1. The Kier molecular flexibility index (Phi) is 5.98. The quantitative estimate of drug-likeness (QED) is 0.830. The van der Waals surface area contributed by atoms with Crippen LogP contribution in [-0.2, 0) is 14.8 Å². The Morgan fingerprint density at radius 3 is 2.16 bits per heavy atom. The lowest BCUT2D eigenvalue weighted by Gasteiger charge is -2.11. The maximum absolute atomic E-state index is 12.4. The van der Waals surface area contributed by atoms with Gasteiger partial charge in [0.2, 0.25) is 15.9 Å². The number of hydrogen-bond donors (Lipinski definition) is 2. The maximum atomic E-state index is 12.4. The Bertz CT molecular complexity index is 869. The van der Waals surface area contributed by atoms with Gasteiger partial charge in [-0.2, -0.15) is 0 Å². The van der Waals surface area contributed by atoms with Crippen LogP contribution < -0.4 is 10.0 Å². The summed E-state index contributed by atoms with van der Waals surface area (Å²) in [6.45, 7) is 7.64. The van der Waals surface area contributed by atoms with Crippen molar-refractivity contribution >= 4 is 21.6 Å². The number of rotatable bonds is 6. The van der Waals surface area contributed by atoms with E-state index in [4.69, 9.17) is 0 Å². The van der Waals surface area contributed by atoms with E-state index < -0.39 is 10.0 Å². The van der Waals surface area contributed by atoms with Gasteiger partial charge in [0.1, 0.15) is 0 Å². The molecule has 0 atom stereocenters. The summed E-state index contributed by atoms with van der Waals surface area (Å²) in [6.07, 6.45) is 0.0666. The number of carbonyl (C=O) groups excluding carboxylic acids is 1. The topological polar surface area (TPSA) is 75.3 Å². The molecule has 2 N–H and O–H groups in total. The summed E-state index contributed by atoms with van der Waals surface area (Å²) >= 11 is 0. The fourth-order valence-electron chi connectivity index (χ4n) is 2.75. The largest absolute Gasteiger partial charge is 0.326 e. The van der Waals surface area contributed by atoms with E-state index in [0.717, 1.165) is 22.4 Å². The minimum absolute atomic E-state index is 0.0479. The summed E-state index contributed by atoms with van der Waals surface area (Å²) in [7, 11) is -3.62. The molecule has 5 nitrogen and oxygen atoms in total. The number of nitrogens with one attached hydrogen (secondary N) is 2. The minimum atomic E-state index is -3.62. The van der Waals surface area contributed by atoms with Crippen molar-refractivity contribution in [2.45, 2.75) is 39.0 Å². The standard InChI is InChI=1S/C19H24N2O3S/c1-13-5-6-18(16(4)10-13)25(23,24)20-8-7-19(22)21-17-11-14(2)9-15(3)12-17/h5-6,9-12,20H,7-8H2,1-4H3,(H,21,22). The smallest absolute Gasteiger partial charge is 0.240 e. The van der Waals surface area contributed by atoms with Gasteiger partial charge < -0.3 is 5.32 Å². The first-order valence-electron chi connectivity index (χ1n) is 8.12. The predicted octanol–water partition coefficient (Wildman–Crippen LogP) is 3.23. The third-order valence-electron chi connectivity index (χ3n) is 3.77. The molecule has 2 aromatic rings. The van der Waals surface area contributed by atoms with Gasteiger partial charge in [-0.15, -0.1) is 0 Å². The van der Waals surface area contributed by atoms with Crippen LogP contribution in [0.15, 0.2) is 41.3 Å². The van der Waals surface area contributed by atoms with Crippen molar-refractivity contribution in [3.63, 3.8) is 0 Å². The third kappa shape index (κ3) is 5.41. The molecule has 0 aliphatic carbocycles. The lowest BCUT2D eigenvalue weighted by atomic mass is 10.1. The van der Waals surface area contributed by atoms with E-state index in [2.05, 4.69) is 10.0 Å². The lowest BCUT2D eigenvalue weighted by molar-refractivity contribution is -0.116. The molecule has 0 aliphatic rings. The molecular weight excluding hydrogens is 336 g/mol. The number of sulfonamides is 1. The summed E-state index contributed by atoms with van der Waals surface area (Å²) in [6, 6.07) is 10.9. The molecule has 2 rings (SSSR count). The summed E-state index contributed by atoms with van der Waals surface area (Å²) in [5.41, 5.74) is 4.54. The maximum Gasteiger partial charge on any atom is 0.240 e. The Labute approximate surface area is 149 Å². The lowest BCUT2D eigenvalue weighted by Crippen LogP contribution is -2.28. The van der Waals surface area contributed by atoms with Crippen molar-refractivity contribution in [3.05, 3.63) is 58.7 Å². The molecule has 0 saturated heterocycles. The number of anilines is 1. The van der Waals surface area contributed by atoms with Gasteiger partial charge in [0.05, 0.1) is 4.90 Å². The zero-order valence-corrected chi connectivity index (χ0v) is 15.8. The van der Waals surface area contributed by atoms with Crippen LogP contribution >= 0.6 is 0 Å². The van der Waals surface area contributed by atoms with E-state index in [9.17, 15) is 13.2 Å². The van der Waals surface area contributed by atoms with Crippen molar-refractivity contribution in [3.8, 4) is 0 Å². The van der Waals surface area contributed by atoms with Crippen molar-refractivity contribution in [1.29, 1.82) is 0 Å². The van der Waals surface area contributed by atoms with Gasteiger partial charge >= 0.3 is 0 Å². The molecule has 0 aliphatic heterocycles. The highest BCUT2D eigenvalue weighted by Crippen LogP contribution is 2.16.